The van der Waals surface area contributed by atoms with Gasteiger partial charge in [0, 0.05) is 5.69 Å². The molecule has 2 aromatic rings. The van der Waals surface area contributed by atoms with Gasteiger partial charge in [0.05, 0.1) is 11.3 Å². The van der Waals surface area contributed by atoms with E-state index in [9.17, 15) is 9.90 Å². The Labute approximate surface area is 99.8 Å². The van der Waals surface area contributed by atoms with E-state index in [1.165, 1.54) is 0 Å². The molecular weight excluding hydrogens is 214 g/mol. The minimum atomic E-state index is -0.936. The first-order chi connectivity index (χ1) is 8.09. The summed E-state index contributed by atoms with van der Waals surface area (Å²) in [6, 6.07) is 11.3. The molecular formula is C14H13NO2. The number of aromatic carboxylic acids is 1. The van der Waals surface area contributed by atoms with Crippen LogP contribution in [-0.2, 0) is 0 Å². The molecule has 0 saturated carbocycles. The lowest BCUT2D eigenvalue weighted by atomic mass is 9.98. The van der Waals surface area contributed by atoms with Gasteiger partial charge in [0.25, 0.3) is 0 Å². The molecule has 0 spiro atoms. The van der Waals surface area contributed by atoms with E-state index in [1.807, 2.05) is 43.3 Å². The fraction of sp³-hybridized carbons (Fsp3) is 0.143. The molecule has 0 aliphatic heterocycles. The summed E-state index contributed by atoms with van der Waals surface area (Å²) in [6.45, 7) is 3.59. The monoisotopic (exact) mass is 227 g/mol. The number of hydrogen-bond acceptors (Lipinski definition) is 2. The Bertz CT molecular complexity index is 562. The molecule has 0 radical (unpaired) electrons. The summed E-state index contributed by atoms with van der Waals surface area (Å²) >= 11 is 0. The molecule has 86 valence electrons. The molecule has 0 unspecified atom stereocenters. The highest BCUT2D eigenvalue weighted by Gasteiger charge is 2.16. The van der Waals surface area contributed by atoms with Gasteiger partial charge in [-0.1, -0.05) is 30.3 Å². The number of carbonyl (C=O) groups is 1. The second-order valence-corrected chi connectivity index (χ2v) is 3.94. The van der Waals surface area contributed by atoms with Crippen LogP contribution in [0, 0.1) is 13.8 Å². The second kappa shape index (κ2) is 4.37. The zero-order chi connectivity index (χ0) is 12.4. The van der Waals surface area contributed by atoms with Gasteiger partial charge >= 0.3 is 5.97 Å². The maximum atomic E-state index is 11.3. The molecule has 1 N–H and O–H groups in total. The lowest BCUT2D eigenvalue weighted by Gasteiger charge is -2.10. The van der Waals surface area contributed by atoms with Crippen LogP contribution in [0.25, 0.3) is 11.1 Å². The van der Waals surface area contributed by atoms with Gasteiger partial charge < -0.3 is 5.11 Å². The first kappa shape index (κ1) is 11.3. The summed E-state index contributed by atoms with van der Waals surface area (Å²) in [4.78, 5) is 15.5. The highest BCUT2D eigenvalue weighted by Crippen LogP contribution is 2.26. The summed E-state index contributed by atoms with van der Waals surface area (Å²) in [5.41, 5.74) is 3.28. The predicted octanol–water partition coefficient (Wildman–Crippen LogP) is 3.06. The minimum absolute atomic E-state index is 0.279. The van der Waals surface area contributed by atoms with Crippen molar-refractivity contribution < 1.29 is 9.90 Å². The van der Waals surface area contributed by atoms with E-state index >= 15 is 0 Å². The maximum Gasteiger partial charge on any atom is 0.338 e. The van der Waals surface area contributed by atoms with E-state index < -0.39 is 5.97 Å². The molecule has 0 aliphatic rings. The summed E-state index contributed by atoms with van der Waals surface area (Å²) in [6.07, 6.45) is 0. The van der Waals surface area contributed by atoms with Crippen molar-refractivity contribution in [2.75, 3.05) is 0 Å². The average molecular weight is 227 g/mol. The van der Waals surface area contributed by atoms with Gasteiger partial charge in [-0.2, -0.15) is 0 Å². The number of carboxylic acid groups (broad SMARTS) is 1. The number of benzene rings is 1. The standard InChI is InChI=1S/C14H13NO2/c1-9-8-12(11-6-4-3-5-7-11)13(14(16)17)10(2)15-9/h3-8H,1-2H3,(H,16,17). The molecule has 0 bridgehead atoms. The van der Waals surface area contributed by atoms with Crippen molar-refractivity contribution in [1.82, 2.24) is 4.98 Å². The van der Waals surface area contributed by atoms with Crippen LogP contribution in [-0.4, -0.2) is 16.1 Å². The highest BCUT2D eigenvalue weighted by molar-refractivity contribution is 5.97. The topological polar surface area (TPSA) is 50.2 Å². The molecule has 1 aromatic heterocycles. The Morgan fingerprint density at radius 1 is 1.18 bits per heavy atom. The molecule has 0 saturated heterocycles. The molecule has 0 aliphatic carbocycles. The van der Waals surface area contributed by atoms with Gasteiger partial charge in [0.2, 0.25) is 0 Å². The fourth-order valence-electron chi connectivity index (χ4n) is 1.94. The summed E-state index contributed by atoms with van der Waals surface area (Å²) < 4.78 is 0. The Kier molecular flexibility index (Phi) is 2.91. The van der Waals surface area contributed by atoms with Gasteiger partial charge in [-0.05, 0) is 31.0 Å². The molecule has 1 aromatic carbocycles. The van der Waals surface area contributed by atoms with Gasteiger partial charge in [0.15, 0.2) is 0 Å². The second-order valence-electron chi connectivity index (χ2n) is 3.94. The average Bonchev–Trinajstić information content (AvgIpc) is 2.28. The Morgan fingerprint density at radius 3 is 2.41 bits per heavy atom. The van der Waals surface area contributed by atoms with Crippen LogP contribution in [0.2, 0.25) is 0 Å². The van der Waals surface area contributed by atoms with E-state index in [0.717, 1.165) is 16.8 Å². The third-order valence-electron chi connectivity index (χ3n) is 2.63. The van der Waals surface area contributed by atoms with Gasteiger partial charge in [0.1, 0.15) is 0 Å². The van der Waals surface area contributed by atoms with Crippen molar-refractivity contribution in [3.8, 4) is 11.1 Å². The number of nitrogens with zero attached hydrogens (tertiary/aromatic N) is 1. The number of rotatable bonds is 2. The smallest absolute Gasteiger partial charge is 0.338 e. The molecule has 0 atom stereocenters. The largest absolute Gasteiger partial charge is 0.478 e. The molecule has 0 fully saturated rings. The predicted molar refractivity (Wildman–Crippen MR) is 66.1 cm³/mol. The van der Waals surface area contributed by atoms with E-state index in [-0.39, 0.29) is 5.56 Å². The van der Waals surface area contributed by atoms with Gasteiger partial charge in [-0.25, -0.2) is 4.79 Å². The van der Waals surface area contributed by atoms with Crippen molar-refractivity contribution in [3.63, 3.8) is 0 Å². The first-order valence-electron chi connectivity index (χ1n) is 5.36. The Morgan fingerprint density at radius 2 is 1.82 bits per heavy atom. The third-order valence-corrected chi connectivity index (χ3v) is 2.63. The minimum Gasteiger partial charge on any atom is -0.478 e. The number of carboxylic acids is 1. The lowest BCUT2D eigenvalue weighted by Crippen LogP contribution is -2.05. The van der Waals surface area contributed by atoms with Gasteiger partial charge in [-0.15, -0.1) is 0 Å². The summed E-state index contributed by atoms with van der Waals surface area (Å²) in [5, 5.41) is 9.26. The van der Waals surface area contributed by atoms with Crippen molar-refractivity contribution in [2.45, 2.75) is 13.8 Å². The first-order valence-corrected chi connectivity index (χ1v) is 5.36. The molecule has 3 heteroatoms. The van der Waals surface area contributed by atoms with Crippen molar-refractivity contribution in [2.24, 2.45) is 0 Å². The van der Waals surface area contributed by atoms with Gasteiger partial charge in [-0.3, -0.25) is 4.98 Å². The van der Waals surface area contributed by atoms with Crippen molar-refractivity contribution in [1.29, 1.82) is 0 Å². The van der Waals surface area contributed by atoms with Crippen LogP contribution >= 0.6 is 0 Å². The van der Waals surface area contributed by atoms with Crippen LogP contribution < -0.4 is 0 Å². The summed E-state index contributed by atoms with van der Waals surface area (Å²) in [7, 11) is 0. The Balaban J connectivity index is 2.72. The Hall–Kier alpha value is -2.16. The van der Waals surface area contributed by atoms with Crippen molar-refractivity contribution >= 4 is 5.97 Å². The number of aromatic nitrogens is 1. The van der Waals surface area contributed by atoms with Crippen molar-refractivity contribution in [3.05, 3.63) is 53.3 Å². The van der Waals surface area contributed by atoms with E-state index in [4.69, 9.17) is 0 Å². The van der Waals surface area contributed by atoms with Crippen LogP contribution in [0.1, 0.15) is 21.7 Å². The SMILES string of the molecule is Cc1cc(-c2ccccc2)c(C(=O)O)c(C)n1. The maximum absolute atomic E-state index is 11.3. The zero-order valence-electron chi connectivity index (χ0n) is 9.77. The normalized spacial score (nSPS) is 10.2. The molecule has 1 heterocycles. The number of hydrogen-bond donors (Lipinski definition) is 1. The quantitative estimate of drug-likeness (QED) is 0.857. The molecule has 0 amide bonds. The molecule has 17 heavy (non-hydrogen) atoms. The molecule has 2 rings (SSSR count). The number of aryl methyl sites for hydroxylation is 2. The van der Waals surface area contributed by atoms with Crippen LogP contribution in [0.15, 0.2) is 36.4 Å². The fourth-order valence-corrected chi connectivity index (χ4v) is 1.94. The summed E-state index contributed by atoms with van der Waals surface area (Å²) in [5.74, 6) is -0.936. The third kappa shape index (κ3) is 2.18. The van der Waals surface area contributed by atoms with Crippen LogP contribution in [0.4, 0.5) is 0 Å². The number of pyridine rings is 1. The lowest BCUT2D eigenvalue weighted by molar-refractivity contribution is 0.0696. The van der Waals surface area contributed by atoms with E-state index in [1.54, 1.807) is 6.92 Å². The highest BCUT2D eigenvalue weighted by atomic mass is 16.4. The molecule has 3 nitrogen and oxygen atoms in total. The van der Waals surface area contributed by atoms with E-state index in [2.05, 4.69) is 4.98 Å². The van der Waals surface area contributed by atoms with Crippen LogP contribution in [0.3, 0.4) is 0 Å². The van der Waals surface area contributed by atoms with Crippen LogP contribution in [0.5, 0.6) is 0 Å². The zero-order valence-corrected chi connectivity index (χ0v) is 9.77. The van der Waals surface area contributed by atoms with E-state index in [0.29, 0.717) is 5.69 Å².